The number of hydrogen-bond acceptors (Lipinski definition) is 4. The van der Waals surface area contributed by atoms with Gasteiger partial charge in [0.05, 0.1) is 34.5 Å². The van der Waals surface area contributed by atoms with E-state index in [-0.39, 0.29) is 17.1 Å². The van der Waals surface area contributed by atoms with Crippen molar-refractivity contribution in [3.05, 3.63) is 58.1 Å². The van der Waals surface area contributed by atoms with Crippen molar-refractivity contribution in [2.24, 2.45) is 0 Å². The first-order valence-corrected chi connectivity index (χ1v) is 9.62. The van der Waals surface area contributed by atoms with Crippen molar-refractivity contribution in [2.75, 3.05) is 18.4 Å². The molecule has 3 rings (SSSR count). The zero-order valence-corrected chi connectivity index (χ0v) is 15.7. The van der Waals surface area contributed by atoms with Crippen molar-refractivity contribution in [2.45, 2.75) is 17.6 Å². The van der Waals surface area contributed by atoms with Gasteiger partial charge in [0.2, 0.25) is 0 Å². The molecule has 2 N–H and O–H groups in total. The summed E-state index contributed by atoms with van der Waals surface area (Å²) in [6, 6.07) is 5.45. The standard InChI is InChI=1S/C17H15F4N3O4S/c1-28-7-6-24-15-5-2-10(8-12(15)16(25)22-24)23-29(26,27)11-3-4-14(18)13(9-11)17(19,20)21/h2-5,8-9,23H,6-7H2,1H3,(H,22,25). The van der Waals surface area contributed by atoms with E-state index in [9.17, 15) is 30.8 Å². The molecule has 0 spiro atoms. The van der Waals surface area contributed by atoms with Crippen LogP contribution in [0.2, 0.25) is 0 Å². The Morgan fingerprint density at radius 2 is 1.90 bits per heavy atom. The first-order chi connectivity index (χ1) is 13.5. The number of ether oxygens (including phenoxy) is 1. The Kier molecular flexibility index (Phi) is 5.41. The van der Waals surface area contributed by atoms with Gasteiger partial charge in [-0.15, -0.1) is 0 Å². The number of rotatable bonds is 6. The van der Waals surface area contributed by atoms with Crippen LogP contribution in [-0.4, -0.2) is 31.9 Å². The first kappa shape index (κ1) is 20.9. The van der Waals surface area contributed by atoms with Crippen LogP contribution in [0.3, 0.4) is 0 Å². The Morgan fingerprint density at radius 1 is 1.17 bits per heavy atom. The van der Waals surface area contributed by atoms with Gasteiger partial charge in [-0.2, -0.15) is 13.2 Å². The van der Waals surface area contributed by atoms with E-state index < -0.39 is 38.0 Å². The lowest BCUT2D eigenvalue weighted by molar-refractivity contribution is -0.140. The molecule has 0 amide bonds. The van der Waals surface area contributed by atoms with E-state index in [1.165, 1.54) is 30.0 Å². The van der Waals surface area contributed by atoms with Gasteiger partial charge in [-0.25, -0.2) is 12.8 Å². The monoisotopic (exact) mass is 433 g/mol. The smallest absolute Gasteiger partial charge is 0.383 e. The zero-order valence-electron chi connectivity index (χ0n) is 14.9. The number of sulfonamides is 1. The average molecular weight is 433 g/mol. The third kappa shape index (κ3) is 4.27. The highest BCUT2D eigenvalue weighted by atomic mass is 32.2. The fourth-order valence-corrected chi connectivity index (χ4v) is 3.80. The van der Waals surface area contributed by atoms with E-state index in [1.807, 2.05) is 0 Å². The van der Waals surface area contributed by atoms with Crippen molar-refractivity contribution in [3.63, 3.8) is 0 Å². The van der Waals surface area contributed by atoms with E-state index >= 15 is 0 Å². The molecule has 1 heterocycles. The molecule has 0 radical (unpaired) electrons. The average Bonchev–Trinajstić information content (AvgIpc) is 2.94. The SMILES string of the molecule is COCCn1[nH]c(=O)c2cc(NS(=O)(=O)c3ccc(F)c(C(F)(F)F)c3)ccc21. The highest BCUT2D eigenvalue weighted by Crippen LogP contribution is 2.33. The number of aromatic nitrogens is 2. The summed E-state index contributed by atoms with van der Waals surface area (Å²) in [6.45, 7) is 0.691. The van der Waals surface area contributed by atoms with E-state index in [4.69, 9.17) is 4.74 Å². The Morgan fingerprint density at radius 3 is 2.55 bits per heavy atom. The second kappa shape index (κ2) is 7.52. The number of methoxy groups -OCH3 is 1. The minimum atomic E-state index is -5.05. The number of fused-ring (bicyclic) bond motifs is 1. The molecule has 7 nitrogen and oxygen atoms in total. The molecule has 156 valence electrons. The van der Waals surface area contributed by atoms with Crippen LogP contribution in [0.25, 0.3) is 10.9 Å². The predicted molar refractivity (Wildman–Crippen MR) is 96.6 cm³/mol. The van der Waals surface area contributed by atoms with Crippen LogP contribution < -0.4 is 10.3 Å². The highest BCUT2D eigenvalue weighted by Gasteiger charge is 2.35. The summed E-state index contributed by atoms with van der Waals surface area (Å²) in [4.78, 5) is 11.3. The predicted octanol–water partition coefficient (Wildman–Crippen LogP) is 2.93. The van der Waals surface area contributed by atoms with Crippen LogP contribution in [0.5, 0.6) is 0 Å². The maximum Gasteiger partial charge on any atom is 0.419 e. The minimum absolute atomic E-state index is 0.0367. The van der Waals surface area contributed by atoms with Gasteiger partial charge in [0, 0.05) is 12.8 Å². The number of hydrogen-bond donors (Lipinski definition) is 2. The fourth-order valence-electron chi connectivity index (χ4n) is 2.72. The van der Waals surface area contributed by atoms with E-state index in [0.717, 1.165) is 6.07 Å². The summed E-state index contributed by atoms with van der Waals surface area (Å²) in [5.41, 5.74) is -1.71. The van der Waals surface area contributed by atoms with E-state index in [1.54, 1.807) is 0 Å². The van der Waals surface area contributed by atoms with Crippen LogP contribution in [0, 0.1) is 5.82 Å². The van der Waals surface area contributed by atoms with Gasteiger partial charge in [0.25, 0.3) is 15.6 Å². The molecule has 0 bridgehead atoms. The van der Waals surface area contributed by atoms with Gasteiger partial charge < -0.3 is 4.74 Å². The lowest BCUT2D eigenvalue weighted by Gasteiger charge is -2.12. The van der Waals surface area contributed by atoms with Crippen LogP contribution in [-0.2, 0) is 27.5 Å². The summed E-state index contributed by atoms with van der Waals surface area (Å²) in [7, 11) is -2.96. The molecule has 0 unspecified atom stereocenters. The van der Waals surface area contributed by atoms with Crippen LogP contribution in [0.15, 0.2) is 46.1 Å². The number of benzene rings is 2. The topological polar surface area (TPSA) is 93.2 Å². The minimum Gasteiger partial charge on any atom is -0.383 e. The van der Waals surface area contributed by atoms with Crippen LogP contribution >= 0.6 is 0 Å². The molecule has 2 aromatic carbocycles. The zero-order chi connectivity index (χ0) is 21.4. The number of anilines is 1. The maximum atomic E-state index is 13.4. The highest BCUT2D eigenvalue weighted by molar-refractivity contribution is 7.92. The molecule has 0 atom stereocenters. The van der Waals surface area contributed by atoms with Crippen molar-refractivity contribution in [3.8, 4) is 0 Å². The fraction of sp³-hybridized carbons (Fsp3) is 0.235. The number of aromatic amines is 1. The molecule has 0 saturated carbocycles. The third-order valence-corrected chi connectivity index (χ3v) is 5.47. The van der Waals surface area contributed by atoms with Crippen molar-refractivity contribution in [1.82, 2.24) is 9.78 Å². The Labute approximate surface area is 161 Å². The summed E-state index contributed by atoms with van der Waals surface area (Å²) >= 11 is 0. The molecule has 12 heteroatoms. The molecule has 0 aliphatic rings. The van der Waals surface area contributed by atoms with Gasteiger partial charge in [-0.3, -0.25) is 19.3 Å². The normalized spacial score (nSPS) is 12.4. The molecule has 0 aliphatic heterocycles. The molecule has 0 aliphatic carbocycles. The molecule has 3 aromatic rings. The van der Waals surface area contributed by atoms with Crippen LogP contribution in [0.4, 0.5) is 23.2 Å². The molecule has 29 heavy (non-hydrogen) atoms. The van der Waals surface area contributed by atoms with Gasteiger partial charge in [0.15, 0.2) is 0 Å². The third-order valence-electron chi connectivity index (χ3n) is 4.09. The number of alkyl halides is 3. The summed E-state index contributed by atoms with van der Waals surface area (Å²) in [5.74, 6) is -1.58. The maximum absolute atomic E-state index is 13.4. The first-order valence-electron chi connectivity index (χ1n) is 8.14. The number of nitrogens with one attached hydrogen (secondary N) is 2. The van der Waals surface area contributed by atoms with Crippen molar-refractivity contribution >= 4 is 26.6 Å². The molecule has 0 saturated heterocycles. The summed E-state index contributed by atoms with van der Waals surface area (Å²) < 4.78 is 85.4. The van der Waals surface area contributed by atoms with Gasteiger partial charge in [-0.1, -0.05) is 0 Å². The van der Waals surface area contributed by atoms with E-state index in [2.05, 4.69) is 9.82 Å². The molecule has 0 fully saturated rings. The second-order valence-electron chi connectivity index (χ2n) is 6.06. The molecular formula is C17H15F4N3O4S. The Balaban J connectivity index is 1.96. The van der Waals surface area contributed by atoms with Gasteiger partial charge >= 0.3 is 6.18 Å². The summed E-state index contributed by atoms with van der Waals surface area (Å²) in [5, 5.41) is 2.75. The van der Waals surface area contributed by atoms with Crippen molar-refractivity contribution in [1.29, 1.82) is 0 Å². The number of nitrogens with zero attached hydrogens (tertiary/aromatic N) is 1. The Hall–Kier alpha value is -2.86. The summed E-state index contributed by atoms with van der Waals surface area (Å²) in [6.07, 6.45) is -5.05. The molecule has 1 aromatic heterocycles. The largest absolute Gasteiger partial charge is 0.419 e. The van der Waals surface area contributed by atoms with E-state index in [0.29, 0.717) is 24.7 Å². The molecular weight excluding hydrogens is 418 g/mol. The van der Waals surface area contributed by atoms with Crippen LogP contribution in [0.1, 0.15) is 5.56 Å². The quantitative estimate of drug-likeness (QED) is 0.585. The Bertz CT molecular complexity index is 1220. The number of halogens is 4. The lowest BCUT2D eigenvalue weighted by atomic mass is 10.2. The lowest BCUT2D eigenvalue weighted by Crippen LogP contribution is -2.16. The number of H-pyrrole nitrogens is 1. The van der Waals surface area contributed by atoms with Gasteiger partial charge in [0.1, 0.15) is 5.82 Å². The second-order valence-corrected chi connectivity index (χ2v) is 7.74. The van der Waals surface area contributed by atoms with Crippen molar-refractivity contribution < 1.29 is 30.7 Å². The van der Waals surface area contributed by atoms with Gasteiger partial charge in [-0.05, 0) is 36.4 Å².